The van der Waals surface area contributed by atoms with Gasteiger partial charge in [-0.25, -0.2) is 0 Å². The van der Waals surface area contributed by atoms with Crippen LogP contribution in [0.4, 0.5) is 0 Å². The molecule has 3 fully saturated rings. The Kier molecular flexibility index (Phi) is 51.5. The minimum Gasteiger partial charge on any atom is -0.394 e. The molecule has 93 heavy (non-hydrogen) atoms. The first kappa shape index (κ1) is 85.5. The van der Waals surface area contributed by atoms with E-state index in [1.165, 1.54) is 218 Å². The van der Waals surface area contributed by atoms with E-state index < -0.39 is 124 Å². The molecule has 17 unspecified atom stereocenters. The van der Waals surface area contributed by atoms with Gasteiger partial charge >= 0.3 is 0 Å². The van der Waals surface area contributed by atoms with Crippen molar-refractivity contribution in [2.75, 3.05) is 26.4 Å². The Morgan fingerprint density at radius 1 is 0.376 bits per heavy atom. The number of carbonyl (C=O) groups excluding carboxylic acids is 1. The van der Waals surface area contributed by atoms with Gasteiger partial charge < -0.3 is 89.9 Å². The number of aliphatic hydroxyl groups is 11. The van der Waals surface area contributed by atoms with E-state index in [1.807, 2.05) is 6.08 Å². The van der Waals surface area contributed by atoms with Crippen LogP contribution in [0.15, 0.2) is 24.3 Å². The van der Waals surface area contributed by atoms with E-state index >= 15 is 0 Å². The van der Waals surface area contributed by atoms with E-state index in [2.05, 4.69) is 31.3 Å². The van der Waals surface area contributed by atoms with Crippen molar-refractivity contribution in [2.45, 2.75) is 413 Å². The van der Waals surface area contributed by atoms with Crippen molar-refractivity contribution in [1.82, 2.24) is 5.32 Å². The first-order valence-electron chi connectivity index (χ1n) is 38.1. The lowest BCUT2D eigenvalue weighted by Crippen LogP contribution is -2.66. The molecule has 0 spiro atoms. The maximum atomic E-state index is 13.4. The van der Waals surface area contributed by atoms with Crippen molar-refractivity contribution in [3.05, 3.63) is 24.3 Å². The van der Waals surface area contributed by atoms with E-state index in [0.29, 0.717) is 6.42 Å². The lowest BCUT2D eigenvalue weighted by molar-refractivity contribution is -0.379. The topological polar surface area (TPSA) is 307 Å². The van der Waals surface area contributed by atoms with Gasteiger partial charge in [-0.3, -0.25) is 4.79 Å². The second kappa shape index (κ2) is 56.1. The zero-order valence-electron chi connectivity index (χ0n) is 58.3. The van der Waals surface area contributed by atoms with Crippen LogP contribution in [0, 0.1) is 0 Å². The summed E-state index contributed by atoms with van der Waals surface area (Å²) < 4.78 is 34.4. The van der Waals surface area contributed by atoms with E-state index in [0.717, 1.165) is 64.2 Å². The predicted octanol–water partition coefficient (Wildman–Crippen LogP) is 11.4. The van der Waals surface area contributed by atoms with E-state index in [9.17, 15) is 61.0 Å². The number of hydrogen-bond donors (Lipinski definition) is 12. The van der Waals surface area contributed by atoms with Gasteiger partial charge in [0.2, 0.25) is 5.91 Å². The van der Waals surface area contributed by atoms with Crippen LogP contribution in [0.3, 0.4) is 0 Å². The Morgan fingerprint density at radius 2 is 0.677 bits per heavy atom. The number of allylic oxidation sites excluding steroid dienone is 3. The summed E-state index contributed by atoms with van der Waals surface area (Å²) >= 11 is 0. The van der Waals surface area contributed by atoms with Gasteiger partial charge in [0.05, 0.1) is 38.6 Å². The molecule has 3 aliphatic rings. The number of ether oxygens (including phenoxy) is 6. The summed E-state index contributed by atoms with van der Waals surface area (Å²) in [4.78, 5) is 13.4. The average molecular weight is 1330 g/mol. The van der Waals surface area contributed by atoms with Gasteiger partial charge in [0.1, 0.15) is 73.2 Å². The standard InChI is InChI=1S/C74H139NO18/c1-3-5-7-9-11-13-15-17-19-21-22-23-24-25-26-27-28-29-30-31-32-33-34-35-36-37-39-41-43-45-47-49-51-58(79)57(75-62(80)52-50-48-46-44-42-40-38-20-18-16-14-12-10-8-6-4-2)56-88-72-68(86)65(83)70(60(54-77)90-72)93-74-69(87)66(84)71(61(55-78)91-74)92-73-67(85)64(82)63(81)59(53-76)89-73/h20,38,49,51,57-61,63-74,76-79,81-87H,3-19,21-37,39-48,50,52-56H2,1-2H3,(H,75,80)/b38-20-,51-49+. The summed E-state index contributed by atoms with van der Waals surface area (Å²) in [5.74, 6) is -0.280. The van der Waals surface area contributed by atoms with Crippen LogP contribution in [0.2, 0.25) is 0 Å². The highest BCUT2D eigenvalue weighted by atomic mass is 16.8. The molecule has 548 valence electrons. The predicted molar refractivity (Wildman–Crippen MR) is 365 cm³/mol. The normalized spacial score (nSPS) is 27.6. The van der Waals surface area contributed by atoms with Gasteiger partial charge in [0, 0.05) is 6.42 Å². The Labute approximate surface area is 562 Å². The first-order chi connectivity index (χ1) is 45.3. The largest absolute Gasteiger partial charge is 0.394 e. The number of hydrogen-bond acceptors (Lipinski definition) is 18. The Balaban J connectivity index is 1.37. The molecular formula is C74H139NO18. The molecule has 3 saturated heterocycles. The number of aliphatic hydroxyl groups excluding tert-OH is 11. The molecule has 0 aromatic heterocycles. The van der Waals surface area contributed by atoms with Crippen LogP contribution in [0.5, 0.6) is 0 Å². The molecule has 19 heteroatoms. The molecule has 19 nitrogen and oxygen atoms in total. The molecule has 0 radical (unpaired) electrons. The van der Waals surface area contributed by atoms with Crippen molar-refractivity contribution < 1.29 is 89.4 Å². The number of unbranched alkanes of at least 4 members (excludes halogenated alkanes) is 42. The highest BCUT2D eigenvalue weighted by Gasteiger charge is 2.53. The molecular weight excluding hydrogens is 1190 g/mol. The number of amides is 1. The third kappa shape index (κ3) is 37.3. The zero-order valence-corrected chi connectivity index (χ0v) is 58.3. The van der Waals surface area contributed by atoms with Crippen molar-refractivity contribution >= 4 is 5.91 Å². The Morgan fingerprint density at radius 3 is 1.04 bits per heavy atom. The van der Waals surface area contributed by atoms with E-state index in [1.54, 1.807) is 6.08 Å². The molecule has 12 N–H and O–H groups in total. The van der Waals surface area contributed by atoms with Crippen molar-refractivity contribution in [2.24, 2.45) is 0 Å². The SMILES string of the molecule is CCCCCCCCC/C=C\CCCCCCCC(=O)NC(COC1OC(CO)C(OC2OC(CO)C(OC3OC(CO)C(O)C(O)C3O)C(O)C2O)C(O)C1O)C(O)/C=C/CCCCCCCCCCCCCCCCCCCCCCCCCCCCCCCC. The Bertz CT molecular complexity index is 1780. The molecule has 3 aliphatic heterocycles. The summed E-state index contributed by atoms with van der Waals surface area (Å²) in [6, 6.07) is -0.977. The average Bonchev–Trinajstić information content (AvgIpc) is 0.813. The molecule has 1 amide bonds. The second-order valence-electron chi connectivity index (χ2n) is 27.5. The van der Waals surface area contributed by atoms with Gasteiger partial charge in [0.15, 0.2) is 18.9 Å². The fourth-order valence-corrected chi connectivity index (χ4v) is 13.1. The van der Waals surface area contributed by atoms with Crippen LogP contribution in [-0.2, 0) is 33.2 Å². The molecule has 3 heterocycles. The van der Waals surface area contributed by atoms with Gasteiger partial charge in [0.25, 0.3) is 0 Å². The molecule has 0 aromatic carbocycles. The highest BCUT2D eigenvalue weighted by Crippen LogP contribution is 2.33. The molecule has 0 aromatic rings. The summed E-state index contributed by atoms with van der Waals surface area (Å²) in [5, 5.41) is 121. The van der Waals surface area contributed by atoms with Gasteiger partial charge in [-0.2, -0.15) is 0 Å². The summed E-state index contributed by atoms with van der Waals surface area (Å²) in [6.45, 7) is 1.76. The minimum absolute atomic E-state index is 0.235. The second-order valence-corrected chi connectivity index (χ2v) is 27.5. The fourth-order valence-electron chi connectivity index (χ4n) is 13.1. The summed E-state index contributed by atoms with van der Waals surface area (Å²) in [5.41, 5.74) is 0. The third-order valence-corrected chi connectivity index (χ3v) is 19.2. The minimum atomic E-state index is -1.98. The van der Waals surface area contributed by atoms with Crippen LogP contribution in [0.1, 0.15) is 309 Å². The van der Waals surface area contributed by atoms with Crippen molar-refractivity contribution in [3.63, 3.8) is 0 Å². The van der Waals surface area contributed by atoms with Gasteiger partial charge in [-0.15, -0.1) is 0 Å². The maximum absolute atomic E-state index is 13.4. The molecule has 3 rings (SSSR count). The number of rotatable bonds is 60. The molecule has 0 bridgehead atoms. The zero-order chi connectivity index (χ0) is 67.5. The smallest absolute Gasteiger partial charge is 0.220 e. The molecule has 0 aliphatic carbocycles. The fraction of sp³-hybridized carbons (Fsp3) is 0.932. The van der Waals surface area contributed by atoms with Crippen LogP contribution < -0.4 is 5.32 Å². The van der Waals surface area contributed by atoms with Crippen LogP contribution >= 0.6 is 0 Å². The third-order valence-electron chi connectivity index (χ3n) is 19.2. The lowest BCUT2D eigenvalue weighted by Gasteiger charge is -2.48. The van der Waals surface area contributed by atoms with Crippen molar-refractivity contribution in [1.29, 1.82) is 0 Å². The van der Waals surface area contributed by atoms with Crippen molar-refractivity contribution in [3.8, 4) is 0 Å². The van der Waals surface area contributed by atoms with Crippen LogP contribution in [0.25, 0.3) is 0 Å². The summed E-state index contributed by atoms with van der Waals surface area (Å²) in [6.07, 6.45) is 38.9. The maximum Gasteiger partial charge on any atom is 0.220 e. The van der Waals surface area contributed by atoms with Gasteiger partial charge in [-0.1, -0.05) is 282 Å². The highest BCUT2D eigenvalue weighted by molar-refractivity contribution is 5.76. The Hall–Kier alpha value is -1.73. The van der Waals surface area contributed by atoms with E-state index in [-0.39, 0.29) is 18.9 Å². The molecule has 0 saturated carbocycles. The van der Waals surface area contributed by atoms with Crippen LogP contribution in [-0.4, -0.2) is 193 Å². The number of carbonyl (C=O) groups is 1. The molecule has 17 atom stereocenters. The number of nitrogens with one attached hydrogen (secondary N) is 1. The van der Waals surface area contributed by atoms with E-state index in [4.69, 9.17) is 28.4 Å². The summed E-state index contributed by atoms with van der Waals surface area (Å²) in [7, 11) is 0. The van der Waals surface area contributed by atoms with Gasteiger partial charge in [-0.05, 0) is 44.9 Å². The lowest BCUT2D eigenvalue weighted by atomic mass is 9.96. The quantitative estimate of drug-likeness (QED) is 0.0199. The first-order valence-corrected chi connectivity index (χ1v) is 38.1. The monoisotopic (exact) mass is 1330 g/mol.